The van der Waals surface area contributed by atoms with Gasteiger partial charge in [0.1, 0.15) is 34.8 Å². The van der Waals surface area contributed by atoms with Crippen LogP contribution in [0, 0.1) is 80.8 Å². The van der Waals surface area contributed by atoms with Crippen LogP contribution in [0.25, 0.3) is 0 Å². The third-order valence-corrected chi connectivity index (χ3v) is 24.9. The van der Waals surface area contributed by atoms with Crippen molar-refractivity contribution in [2.24, 2.45) is 80.8 Å². The van der Waals surface area contributed by atoms with E-state index < -0.39 is 45.7 Å². The minimum Gasteiger partial charge on any atom is -0.508 e. The van der Waals surface area contributed by atoms with E-state index in [-0.39, 0.29) is 106 Å². The highest BCUT2D eigenvalue weighted by Gasteiger charge is 2.65. The highest BCUT2D eigenvalue weighted by Crippen LogP contribution is 2.63. The first-order valence-electron chi connectivity index (χ1n) is 36.3. The van der Waals surface area contributed by atoms with E-state index in [2.05, 4.69) is 48.5 Å². The standard InChI is InChI=1S/C19H32O2.C18H26O6.C16H26O4.C14H26O2.C10H14O.4CH4/c1-6-18(4,5)17(20)21-19(12(2)3)15-8-13-7-14(10-15)11-16(19)9-13;1-4-18(2,3)17(21)22-9-14(19)24-15-11-5-10-6-12(8-11)16(20)23-13(15)7-10;1-4-13(2,3)12(17)20-16-7-11-5-14(18,9-16)8-15(19,6-11)10-16;1-6-13(4,5)12(15)16-14(11(2)3)9-7-8-10-14;1-3-8(2)9-4-6-10(11)7-5-9;;;;/h12-16H,6-11H2,1-5H3;10-13,15H,4-9H2,1-3H3;11,18-19H,4-10H2,1-3H3;11H,6-10H2,1-5H3;4-8,11H,3H2,1-2H3;4*1H4. The second-order valence-electron chi connectivity index (χ2n) is 34.2. The van der Waals surface area contributed by atoms with Crippen LogP contribution in [-0.2, 0) is 57.2 Å². The maximum Gasteiger partial charge on any atom is 0.344 e. The van der Waals surface area contributed by atoms with Crippen molar-refractivity contribution in [3.63, 3.8) is 0 Å². The molecule has 2 heterocycles. The molecule has 554 valence electrons. The lowest BCUT2D eigenvalue weighted by molar-refractivity contribution is -0.264. The fraction of sp³-hybridized carbons (Fsp3) is 0.852. The normalized spacial score (nSPS) is 32.2. The Hall–Kier alpha value is -4.24. The molecule has 3 N–H and O–H groups in total. The summed E-state index contributed by atoms with van der Waals surface area (Å²) in [5, 5.41) is 30.3. The SMILES string of the molecule is C.C.C.C.CCC(C)(C)C(=O)OC1(C(C)C)C2CC3CC(C2)CC1C3.CCC(C)(C)C(=O)OC1(C(C)C)CCCC1.CCC(C)(C)C(=O)OC12CC3CC(O)(CC(O)(C3)C1)C2.CCC(C)(C)C(=O)OCC(=O)OC1C2CC3CC(C2)C(=O)OC1C3.CCC(C)c1ccc(O)cc1. The lowest BCUT2D eigenvalue weighted by atomic mass is 9.47. The number of hydrogen-bond donors (Lipinski definition) is 3. The molecule has 13 aliphatic rings. The molecular formula is C81H140O15. The Labute approximate surface area is 583 Å². The van der Waals surface area contributed by atoms with Gasteiger partial charge in [-0.25, -0.2) is 4.79 Å². The van der Waals surface area contributed by atoms with Gasteiger partial charge < -0.3 is 43.7 Å². The number of carbonyl (C=O) groups is 6. The highest BCUT2D eigenvalue weighted by atomic mass is 16.6. The Morgan fingerprint density at radius 1 is 0.552 bits per heavy atom. The van der Waals surface area contributed by atoms with Gasteiger partial charge in [0.15, 0.2) is 6.61 Å². The van der Waals surface area contributed by atoms with Crippen molar-refractivity contribution in [2.45, 2.75) is 355 Å². The van der Waals surface area contributed by atoms with Gasteiger partial charge in [0.05, 0.1) is 38.8 Å². The molecule has 0 radical (unpaired) electrons. The van der Waals surface area contributed by atoms with Crippen LogP contribution in [0.2, 0.25) is 0 Å². The topological polar surface area (TPSA) is 218 Å². The Morgan fingerprint density at radius 3 is 1.46 bits per heavy atom. The quantitative estimate of drug-likeness (QED) is 0.0920. The van der Waals surface area contributed by atoms with E-state index in [1.54, 1.807) is 26.0 Å². The minimum absolute atomic E-state index is 0. The predicted octanol–water partition coefficient (Wildman–Crippen LogP) is 18.6. The maximum atomic E-state index is 12.8. The van der Waals surface area contributed by atoms with Crippen LogP contribution in [0.15, 0.2) is 24.3 Å². The molecule has 2 aliphatic heterocycles. The summed E-state index contributed by atoms with van der Waals surface area (Å²) in [6, 6.07) is 7.43. The van der Waals surface area contributed by atoms with E-state index in [0.717, 1.165) is 95.3 Å². The van der Waals surface area contributed by atoms with E-state index in [9.17, 15) is 39.0 Å². The Balaban J connectivity index is 0.000000315. The Kier molecular flexibility index (Phi) is 30.0. The average Bonchev–Trinajstić information content (AvgIpc) is 0.834. The van der Waals surface area contributed by atoms with Crippen molar-refractivity contribution in [1.82, 2.24) is 0 Å². The molecule has 14 rings (SSSR count). The van der Waals surface area contributed by atoms with E-state index in [4.69, 9.17) is 33.5 Å². The molecule has 15 heteroatoms. The maximum absolute atomic E-state index is 12.8. The molecule has 2 saturated heterocycles. The number of rotatable bonds is 18. The van der Waals surface area contributed by atoms with Crippen molar-refractivity contribution in [3.8, 4) is 5.75 Å². The van der Waals surface area contributed by atoms with Gasteiger partial charge in [-0.15, -0.1) is 0 Å². The number of aliphatic hydroxyl groups is 2. The summed E-state index contributed by atoms with van der Waals surface area (Å²) >= 11 is 0. The van der Waals surface area contributed by atoms with E-state index >= 15 is 0 Å². The summed E-state index contributed by atoms with van der Waals surface area (Å²) in [6.45, 7) is 36.2. The summed E-state index contributed by atoms with van der Waals surface area (Å²) in [5.41, 5.74) is -3.20. The number of benzene rings is 1. The van der Waals surface area contributed by atoms with Gasteiger partial charge in [0, 0.05) is 25.2 Å². The van der Waals surface area contributed by atoms with Gasteiger partial charge in [0.25, 0.3) is 0 Å². The summed E-state index contributed by atoms with van der Waals surface area (Å²) in [5.74, 6) is 4.43. The zero-order valence-corrected chi connectivity index (χ0v) is 60.2. The van der Waals surface area contributed by atoms with E-state index in [0.29, 0.717) is 66.9 Å². The summed E-state index contributed by atoms with van der Waals surface area (Å²) in [4.78, 5) is 73.4. The molecular weight excluding hydrogens is 1210 g/mol. The molecule has 15 nitrogen and oxygen atoms in total. The smallest absolute Gasteiger partial charge is 0.344 e. The first-order valence-corrected chi connectivity index (χ1v) is 36.3. The number of aromatic hydroxyl groups is 1. The molecule has 1 aromatic carbocycles. The number of phenolic OH excluding ortho intramolecular Hbond substituents is 1. The summed E-state index contributed by atoms with van der Waals surface area (Å²) in [6.07, 6.45) is 21.6. The van der Waals surface area contributed by atoms with Crippen LogP contribution >= 0.6 is 0 Å². The molecule has 0 spiro atoms. The Bertz CT molecular complexity index is 2650. The largest absolute Gasteiger partial charge is 0.508 e. The molecule has 8 atom stereocenters. The first-order chi connectivity index (χ1) is 42.8. The van der Waals surface area contributed by atoms with E-state index in [1.165, 1.54) is 50.5 Å². The molecule has 1 aromatic rings. The molecule has 96 heavy (non-hydrogen) atoms. The molecule has 0 aromatic heterocycles. The van der Waals surface area contributed by atoms with E-state index in [1.807, 2.05) is 74.4 Å². The molecule has 8 unspecified atom stereocenters. The number of fused-ring (bicyclic) bond motifs is 1. The van der Waals surface area contributed by atoms with Crippen molar-refractivity contribution >= 4 is 35.8 Å². The fourth-order valence-electron chi connectivity index (χ4n) is 17.8. The second-order valence-corrected chi connectivity index (χ2v) is 34.2. The minimum atomic E-state index is -0.842. The van der Waals surface area contributed by atoms with Gasteiger partial charge in [-0.1, -0.05) is 111 Å². The zero-order valence-electron chi connectivity index (χ0n) is 60.2. The summed E-state index contributed by atoms with van der Waals surface area (Å²) in [7, 11) is 0. The van der Waals surface area contributed by atoms with Gasteiger partial charge in [0.2, 0.25) is 0 Å². The number of carbonyl (C=O) groups excluding carboxylic acids is 6. The van der Waals surface area contributed by atoms with Crippen LogP contribution in [0.5, 0.6) is 5.75 Å². The van der Waals surface area contributed by atoms with Crippen LogP contribution < -0.4 is 0 Å². The fourth-order valence-corrected chi connectivity index (χ4v) is 17.8. The van der Waals surface area contributed by atoms with Crippen LogP contribution in [0.3, 0.4) is 0 Å². The van der Waals surface area contributed by atoms with Crippen molar-refractivity contribution < 1.29 is 72.5 Å². The van der Waals surface area contributed by atoms with Gasteiger partial charge in [-0.2, -0.15) is 0 Å². The van der Waals surface area contributed by atoms with Crippen molar-refractivity contribution in [3.05, 3.63) is 29.8 Å². The monoisotopic (exact) mass is 1350 g/mol. The van der Waals surface area contributed by atoms with Gasteiger partial charge in [-0.3, -0.25) is 24.0 Å². The molecule has 11 aliphatic carbocycles. The number of ether oxygens (including phenoxy) is 6. The first kappa shape index (κ1) is 86.0. The lowest BCUT2D eigenvalue weighted by Gasteiger charge is -2.62. The molecule has 11 saturated carbocycles. The lowest BCUT2D eigenvalue weighted by Crippen LogP contribution is -2.67. The summed E-state index contributed by atoms with van der Waals surface area (Å²) < 4.78 is 34.3. The van der Waals surface area contributed by atoms with Crippen molar-refractivity contribution in [2.75, 3.05) is 6.61 Å². The second kappa shape index (κ2) is 33.5. The molecule has 12 bridgehead atoms. The predicted molar refractivity (Wildman–Crippen MR) is 382 cm³/mol. The van der Waals surface area contributed by atoms with Gasteiger partial charge >= 0.3 is 35.8 Å². The molecule has 13 fully saturated rings. The number of phenols is 1. The van der Waals surface area contributed by atoms with Crippen LogP contribution in [0.4, 0.5) is 0 Å². The third kappa shape index (κ3) is 19.6. The van der Waals surface area contributed by atoms with Crippen molar-refractivity contribution in [1.29, 1.82) is 0 Å². The third-order valence-electron chi connectivity index (χ3n) is 24.9. The van der Waals surface area contributed by atoms with Gasteiger partial charge in [-0.05, 0) is 261 Å². The highest BCUT2D eigenvalue weighted by molar-refractivity contribution is 5.80. The van der Waals surface area contributed by atoms with Crippen LogP contribution in [0.1, 0.15) is 320 Å². The average molecular weight is 1350 g/mol. The number of esters is 6. The molecule has 0 amide bonds. The zero-order chi connectivity index (χ0) is 68.4. The van der Waals surface area contributed by atoms with Crippen LogP contribution in [-0.4, -0.2) is 98.0 Å². The Morgan fingerprint density at radius 2 is 1.01 bits per heavy atom. The number of hydrogen-bond acceptors (Lipinski definition) is 15.